The molecule has 8 heteroatoms. The Balaban J connectivity index is 0. The Labute approximate surface area is 146 Å². The molecule has 0 spiro atoms. The first-order valence-electron chi connectivity index (χ1n) is 6.91. The zero-order valence-electron chi connectivity index (χ0n) is 11.6. The number of aliphatic carboxylic acids is 2. The van der Waals surface area contributed by atoms with Crippen molar-refractivity contribution in [1.29, 1.82) is 0 Å². The van der Waals surface area contributed by atoms with E-state index in [1.165, 1.54) is 0 Å². The quantitative estimate of drug-likeness (QED) is 0.298. The van der Waals surface area contributed by atoms with Crippen molar-refractivity contribution in [1.82, 2.24) is 5.32 Å². The molecule has 1 atom stereocenters. The SMILES string of the molecule is NCCCC[C@H](NC(=O)CCCCCC(=O)O)C(=O)O.[NaH]. The van der Waals surface area contributed by atoms with Gasteiger partial charge in [0.2, 0.25) is 5.91 Å². The van der Waals surface area contributed by atoms with E-state index in [-0.39, 0.29) is 48.3 Å². The molecule has 0 bridgehead atoms. The number of carboxylic acid groups (broad SMARTS) is 2. The van der Waals surface area contributed by atoms with Crippen LogP contribution in [0.15, 0.2) is 0 Å². The van der Waals surface area contributed by atoms with Crippen molar-refractivity contribution >= 4 is 47.4 Å². The normalized spacial score (nSPS) is 11.3. The van der Waals surface area contributed by atoms with Gasteiger partial charge in [-0.3, -0.25) is 9.59 Å². The first-order valence-corrected chi connectivity index (χ1v) is 6.91. The average Bonchev–Trinajstić information content (AvgIpc) is 2.36. The molecule has 0 aromatic heterocycles. The molecule has 0 aromatic carbocycles. The van der Waals surface area contributed by atoms with Crippen molar-refractivity contribution in [2.45, 2.75) is 57.4 Å². The summed E-state index contributed by atoms with van der Waals surface area (Å²) in [7, 11) is 0. The number of carbonyl (C=O) groups excluding carboxylic acids is 1. The van der Waals surface area contributed by atoms with Crippen LogP contribution in [-0.2, 0) is 14.4 Å². The number of carboxylic acids is 2. The fourth-order valence-electron chi connectivity index (χ4n) is 1.76. The van der Waals surface area contributed by atoms with Crippen LogP contribution in [0, 0.1) is 0 Å². The van der Waals surface area contributed by atoms with Gasteiger partial charge in [0.15, 0.2) is 0 Å². The molecule has 0 rings (SSSR count). The maximum absolute atomic E-state index is 11.6. The predicted octanol–water partition coefficient (Wildman–Crippen LogP) is 0.0714. The zero-order chi connectivity index (χ0) is 15.4. The van der Waals surface area contributed by atoms with E-state index in [0.29, 0.717) is 38.6 Å². The summed E-state index contributed by atoms with van der Waals surface area (Å²) >= 11 is 0. The topological polar surface area (TPSA) is 130 Å². The Hall–Kier alpha value is -0.630. The number of carbonyl (C=O) groups is 3. The number of rotatable bonds is 12. The van der Waals surface area contributed by atoms with E-state index in [1.807, 2.05) is 0 Å². The van der Waals surface area contributed by atoms with Crippen molar-refractivity contribution < 1.29 is 24.6 Å². The predicted molar refractivity (Wildman–Crippen MR) is 80.3 cm³/mol. The Kier molecular flexibility index (Phi) is 15.4. The molecular formula is C13H25N2NaO5. The number of hydrogen-bond donors (Lipinski definition) is 4. The molecule has 0 heterocycles. The van der Waals surface area contributed by atoms with Crippen molar-refractivity contribution in [3.63, 3.8) is 0 Å². The number of hydrogen-bond acceptors (Lipinski definition) is 4. The third-order valence-electron chi connectivity index (χ3n) is 2.87. The zero-order valence-corrected chi connectivity index (χ0v) is 11.6. The Morgan fingerprint density at radius 2 is 1.57 bits per heavy atom. The van der Waals surface area contributed by atoms with Gasteiger partial charge in [0.25, 0.3) is 0 Å². The van der Waals surface area contributed by atoms with Crippen molar-refractivity contribution in [2.75, 3.05) is 6.54 Å². The first kappa shape index (κ1) is 22.6. The maximum atomic E-state index is 11.6. The second kappa shape index (κ2) is 14.3. The van der Waals surface area contributed by atoms with E-state index in [0.717, 1.165) is 6.42 Å². The standard InChI is InChI=1S/C13H24N2O5.Na.H/c14-9-5-4-6-10(13(19)20)15-11(16)7-2-1-3-8-12(17)18;;/h10H,1-9,14H2,(H,15,16)(H,17,18)(H,19,20);;/t10-;;/m0../s1. The van der Waals surface area contributed by atoms with Crippen LogP contribution in [0.4, 0.5) is 0 Å². The third-order valence-corrected chi connectivity index (χ3v) is 2.87. The van der Waals surface area contributed by atoms with E-state index in [4.69, 9.17) is 15.9 Å². The van der Waals surface area contributed by atoms with Gasteiger partial charge in [-0.2, -0.15) is 0 Å². The molecule has 0 radical (unpaired) electrons. The van der Waals surface area contributed by atoms with Gasteiger partial charge in [-0.1, -0.05) is 6.42 Å². The summed E-state index contributed by atoms with van der Waals surface area (Å²) in [6.07, 6.45) is 3.82. The molecule has 0 aliphatic carbocycles. The minimum atomic E-state index is -1.04. The molecule has 7 nitrogen and oxygen atoms in total. The molecule has 5 N–H and O–H groups in total. The molecule has 0 aliphatic heterocycles. The fraction of sp³-hybridized carbons (Fsp3) is 0.769. The fourth-order valence-corrected chi connectivity index (χ4v) is 1.76. The number of nitrogens with two attached hydrogens (primary N) is 1. The molecule has 21 heavy (non-hydrogen) atoms. The van der Waals surface area contributed by atoms with Crippen molar-refractivity contribution in [2.24, 2.45) is 5.73 Å². The average molecular weight is 312 g/mol. The van der Waals surface area contributed by atoms with Crippen molar-refractivity contribution in [3.8, 4) is 0 Å². The summed E-state index contributed by atoms with van der Waals surface area (Å²) in [5.74, 6) is -2.19. The molecule has 0 fully saturated rings. The second-order valence-corrected chi connectivity index (χ2v) is 4.70. The Morgan fingerprint density at radius 1 is 0.952 bits per heavy atom. The molecule has 0 saturated heterocycles. The van der Waals surface area contributed by atoms with Gasteiger partial charge in [-0.05, 0) is 38.6 Å². The van der Waals surface area contributed by atoms with Gasteiger partial charge in [-0.25, -0.2) is 4.79 Å². The molecular weight excluding hydrogens is 287 g/mol. The van der Waals surface area contributed by atoms with Gasteiger partial charge >= 0.3 is 41.5 Å². The molecule has 1 amide bonds. The Bertz CT molecular complexity index is 326. The van der Waals surface area contributed by atoms with Crippen LogP contribution in [0.25, 0.3) is 0 Å². The van der Waals surface area contributed by atoms with Crippen LogP contribution >= 0.6 is 0 Å². The summed E-state index contributed by atoms with van der Waals surface area (Å²) in [6.45, 7) is 0.504. The molecule has 0 aromatic rings. The number of amides is 1. The summed E-state index contributed by atoms with van der Waals surface area (Å²) in [5, 5.41) is 19.9. The van der Waals surface area contributed by atoms with E-state index in [2.05, 4.69) is 5.32 Å². The van der Waals surface area contributed by atoms with Gasteiger partial charge in [0.1, 0.15) is 6.04 Å². The van der Waals surface area contributed by atoms with Crippen LogP contribution in [-0.4, -0.2) is 70.2 Å². The van der Waals surface area contributed by atoms with Crippen molar-refractivity contribution in [3.05, 3.63) is 0 Å². The van der Waals surface area contributed by atoms with E-state index in [9.17, 15) is 14.4 Å². The number of nitrogens with one attached hydrogen (secondary N) is 1. The molecule has 118 valence electrons. The number of unbranched alkanes of at least 4 members (excludes halogenated alkanes) is 3. The summed E-state index contributed by atoms with van der Waals surface area (Å²) in [5.41, 5.74) is 5.33. The third kappa shape index (κ3) is 14.1. The summed E-state index contributed by atoms with van der Waals surface area (Å²) < 4.78 is 0. The Morgan fingerprint density at radius 3 is 2.10 bits per heavy atom. The first-order chi connectivity index (χ1) is 9.47. The summed E-state index contributed by atoms with van der Waals surface area (Å²) in [4.78, 5) is 32.8. The van der Waals surface area contributed by atoms with Gasteiger partial charge in [0, 0.05) is 12.8 Å². The van der Waals surface area contributed by atoms with Crippen LogP contribution in [0.2, 0.25) is 0 Å². The second-order valence-electron chi connectivity index (χ2n) is 4.70. The van der Waals surface area contributed by atoms with E-state index >= 15 is 0 Å². The van der Waals surface area contributed by atoms with Crippen LogP contribution < -0.4 is 11.1 Å². The minimum absolute atomic E-state index is 0. The van der Waals surface area contributed by atoms with E-state index < -0.39 is 18.0 Å². The summed E-state index contributed by atoms with van der Waals surface area (Å²) in [6, 6.07) is -0.868. The van der Waals surface area contributed by atoms with Crippen LogP contribution in [0.5, 0.6) is 0 Å². The van der Waals surface area contributed by atoms with Crippen LogP contribution in [0.1, 0.15) is 51.4 Å². The van der Waals surface area contributed by atoms with Gasteiger partial charge in [-0.15, -0.1) is 0 Å². The molecule has 0 aliphatic rings. The van der Waals surface area contributed by atoms with Gasteiger partial charge in [0.05, 0.1) is 0 Å². The monoisotopic (exact) mass is 312 g/mol. The van der Waals surface area contributed by atoms with Crippen LogP contribution in [0.3, 0.4) is 0 Å². The molecule has 0 unspecified atom stereocenters. The van der Waals surface area contributed by atoms with E-state index in [1.54, 1.807) is 0 Å². The van der Waals surface area contributed by atoms with Gasteiger partial charge < -0.3 is 21.3 Å². The molecule has 0 saturated carbocycles.